The third-order valence-electron chi connectivity index (χ3n) is 4.59. The first kappa shape index (κ1) is 20.9. The van der Waals surface area contributed by atoms with Crippen LogP contribution in [0.15, 0.2) is 36.9 Å². The van der Waals surface area contributed by atoms with E-state index in [1.54, 1.807) is 12.1 Å². The lowest BCUT2D eigenvalue weighted by atomic mass is 9.80. The van der Waals surface area contributed by atoms with Crippen LogP contribution in [0.1, 0.15) is 31.2 Å². The van der Waals surface area contributed by atoms with Crippen molar-refractivity contribution in [2.24, 2.45) is 5.92 Å². The molecule has 2 rings (SSSR count). The molecular weight excluding hydrogens is 350 g/mol. The maximum atomic E-state index is 11.7. The van der Waals surface area contributed by atoms with Gasteiger partial charge >= 0.3 is 12.1 Å². The number of carbonyl (C=O) groups is 2. The maximum absolute atomic E-state index is 11.7. The van der Waals surface area contributed by atoms with E-state index in [2.05, 4.69) is 11.9 Å². The van der Waals surface area contributed by atoms with Crippen molar-refractivity contribution in [3.8, 4) is 5.75 Å². The molecule has 0 bridgehead atoms. The first-order valence-electron chi connectivity index (χ1n) is 9.19. The summed E-state index contributed by atoms with van der Waals surface area (Å²) in [4.78, 5) is 22.6. The van der Waals surface area contributed by atoms with Crippen molar-refractivity contribution in [1.82, 2.24) is 5.32 Å². The Kier molecular flexibility index (Phi) is 8.29. The molecule has 3 N–H and O–H groups in total. The summed E-state index contributed by atoms with van der Waals surface area (Å²) >= 11 is 0. The Balaban J connectivity index is 1.72. The van der Waals surface area contributed by atoms with Crippen LogP contribution in [0.4, 0.5) is 4.79 Å². The minimum Gasteiger partial charge on any atom is -0.462 e. The van der Waals surface area contributed by atoms with Gasteiger partial charge in [0.25, 0.3) is 0 Å². The van der Waals surface area contributed by atoms with Gasteiger partial charge in [0.2, 0.25) is 0 Å². The molecule has 7 nitrogen and oxygen atoms in total. The molecule has 1 saturated carbocycles. The van der Waals surface area contributed by atoms with Crippen LogP contribution in [0.2, 0.25) is 0 Å². The minimum absolute atomic E-state index is 0.163. The molecule has 2 atom stereocenters. The number of nitrogens with one attached hydrogen (secondary N) is 1. The van der Waals surface area contributed by atoms with Crippen molar-refractivity contribution in [3.63, 3.8) is 0 Å². The normalized spacial score (nSPS) is 21.9. The molecule has 1 aromatic rings. The molecule has 0 spiro atoms. The fraction of sp³-hybridized carbons (Fsp3) is 0.500. The van der Waals surface area contributed by atoms with E-state index in [-0.39, 0.29) is 12.5 Å². The number of amides is 1. The summed E-state index contributed by atoms with van der Waals surface area (Å²) in [5.74, 6) is -0.256. The van der Waals surface area contributed by atoms with Crippen LogP contribution in [0, 0.1) is 5.92 Å². The SMILES string of the molecule is C=CC(=O)OCCCNC(=O)Oc1ccc(CC2C(O)CCCC2O)cc1. The Morgan fingerprint density at radius 3 is 2.48 bits per heavy atom. The standard InChI is InChI=1S/C20H27NO6/c1-2-19(24)26-12-4-11-21-20(25)27-15-9-7-14(8-10-15)13-16-17(22)5-3-6-18(16)23/h2,7-10,16-18,22-23H,1,3-6,11-13H2,(H,21,25). The van der Waals surface area contributed by atoms with E-state index in [1.807, 2.05) is 12.1 Å². The molecular formula is C20H27NO6. The summed E-state index contributed by atoms with van der Waals surface area (Å²) in [7, 11) is 0. The smallest absolute Gasteiger partial charge is 0.412 e. The molecule has 1 aliphatic rings. The minimum atomic E-state index is -0.587. The largest absolute Gasteiger partial charge is 0.462 e. The van der Waals surface area contributed by atoms with Gasteiger partial charge in [0.05, 0.1) is 18.8 Å². The summed E-state index contributed by atoms with van der Waals surface area (Å²) in [6.45, 7) is 3.80. The Morgan fingerprint density at radius 1 is 1.19 bits per heavy atom. The molecule has 0 radical (unpaired) electrons. The molecule has 1 aromatic carbocycles. The average Bonchev–Trinajstić information content (AvgIpc) is 2.65. The third-order valence-corrected chi connectivity index (χ3v) is 4.59. The van der Waals surface area contributed by atoms with E-state index in [0.29, 0.717) is 25.1 Å². The Morgan fingerprint density at radius 2 is 1.85 bits per heavy atom. The van der Waals surface area contributed by atoms with Gasteiger partial charge in [-0.15, -0.1) is 0 Å². The molecule has 0 heterocycles. The second-order valence-electron chi connectivity index (χ2n) is 6.62. The number of carbonyl (C=O) groups excluding carboxylic acids is 2. The highest BCUT2D eigenvalue weighted by molar-refractivity contribution is 5.81. The molecule has 1 aliphatic carbocycles. The zero-order valence-corrected chi connectivity index (χ0v) is 15.3. The molecule has 1 fully saturated rings. The predicted octanol–water partition coefficient (Wildman–Crippen LogP) is 1.96. The highest BCUT2D eigenvalue weighted by Gasteiger charge is 2.30. The summed E-state index contributed by atoms with van der Waals surface area (Å²) in [6, 6.07) is 7.02. The quantitative estimate of drug-likeness (QED) is 0.363. The van der Waals surface area contributed by atoms with Crippen molar-refractivity contribution < 1.29 is 29.3 Å². The van der Waals surface area contributed by atoms with Crippen molar-refractivity contribution in [1.29, 1.82) is 0 Å². The summed E-state index contributed by atoms with van der Waals surface area (Å²) < 4.78 is 9.97. The van der Waals surface area contributed by atoms with Crippen molar-refractivity contribution in [3.05, 3.63) is 42.5 Å². The molecule has 148 valence electrons. The molecule has 0 aliphatic heterocycles. The molecule has 7 heteroatoms. The predicted molar refractivity (Wildman–Crippen MR) is 99.3 cm³/mol. The second kappa shape index (κ2) is 10.7. The van der Waals surface area contributed by atoms with Crippen LogP contribution in [0.3, 0.4) is 0 Å². The average molecular weight is 377 g/mol. The summed E-state index contributed by atoms with van der Waals surface area (Å²) in [5, 5.41) is 22.7. The number of rotatable bonds is 8. The fourth-order valence-electron chi connectivity index (χ4n) is 3.10. The van der Waals surface area contributed by atoms with E-state index in [1.165, 1.54) is 0 Å². The summed E-state index contributed by atoms with van der Waals surface area (Å²) in [6.07, 6.45) is 2.86. The number of hydrogen-bond acceptors (Lipinski definition) is 6. The molecule has 2 unspecified atom stereocenters. The van der Waals surface area contributed by atoms with Gasteiger partial charge in [-0.25, -0.2) is 9.59 Å². The zero-order valence-electron chi connectivity index (χ0n) is 15.3. The van der Waals surface area contributed by atoms with E-state index in [0.717, 1.165) is 30.9 Å². The number of hydrogen-bond donors (Lipinski definition) is 3. The van der Waals surface area contributed by atoms with Crippen molar-refractivity contribution in [2.45, 2.75) is 44.3 Å². The van der Waals surface area contributed by atoms with Crippen LogP contribution < -0.4 is 10.1 Å². The van der Waals surface area contributed by atoms with Crippen LogP contribution in [0.25, 0.3) is 0 Å². The topological polar surface area (TPSA) is 105 Å². The van der Waals surface area contributed by atoms with Crippen LogP contribution in [-0.2, 0) is 16.0 Å². The van der Waals surface area contributed by atoms with Gasteiger partial charge in [0.1, 0.15) is 5.75 Å². The van der Waals surface area contributed by atoms with Crippen LogP contribution in [0.5, 0.6) is 5.75 Å². The second-order valence-corrected chi connectivity index (χ2v) is 6.62. The molecule has 0 aromatic heterocycles. The first-order valence-corrected chi connectivity index (χ1v) is 9.19. The van der Waals surface area contributed by atoms with Gasteiger partial charge in [0.15, 0.2) is 0 Å². The van der Waals surface area contributed by atoms with E-state index in [9.17, 15) is 19.8 Å². The molecule has 1 amide bonds. The Hall–Kier alpha value is -2.38. The van der Waals surface area contributed by atoms with E-state index >= 15 is 0 Å². The number of esters is 1. The van der Waals surface area contributed by atoms with Crippen LogP contribution >= 0.6 is 0 Å². The lowest BCUT2D eigenvalue weighted by Gasteiger charge is -2.32. The fourth-order valence-corrected chi connectivity index (χ4v) is 3.10. The highest BCUT2D eigenvalue weighted by Crippen LogP contribution is 2.28. The number of aliphatic hydroxyl groups is 2. The zero-order chi connectivity index (χ0) is 19.6. The lowest BCUT2D eigenvalue weighted by molar-refractivity contribution is -0.137. The molecule has 0 saturated heterocycles. The monoisotopic (exact) mass is 377 g/mol. The van der Waals surface area contributed by atoms with E-state index < -0.39 is 24.3 Å². The van der Waals surface area contributed by atoms with Gasteiger partial charge in [-0.3, -0.25) is 0 Å². The summed E-state index contributed by atoms with van der Waals surface area (Å²) in [5.41, 5.74) is 0.969. The van der Waals surface area contributed by atoms with E-state index in [4.69, 9.17) is 9.47 Å². The van der Waals surface area contributed by atoms with Gasteiger partial charge in [-0.1, -0.05) is 18.7 Å². The van der Waals surface area contributed by atoms with Gasteiger partial charge in [-0.05, 0) is 49.8 Å². The Labute approximate surface area is 159 Å². The lowest BCUT2D eigenvalue weighted by Crippen LogP contribution is -2.37. The number of aliphatic hydroxyl groups excluding tert-OH is 2. The number of ether oxygens (including phenoxy) is 2. The van der Waals surface area contributed by atoms with Crippen LogP contribution in [-0.4, -0.2) is 47.6 Å². The highest BCUT2D eigenvalue weighted by atomic mass is 16.6. The molecule has 27 heavy (non-hydrogen) atoms. The first-order chi connectivity index (χ1) is 13.0. The number of benzene rings is 1. The van der Waals surface area contributed by atoms with Crippen molar-refractivity contribution >= 4 is 12.1 Å². The third kappa shape index (κ3) is 7.03. The maximum Gasteiger partial charge on any atom is 0.412 e. The van der Waals surface area contributed by atoms with Gasteiger partial charge in [-0.2, -0.15) is 0 Å². The van der Waals surface area contributed by atoms with Gasteiger partial charge < -0.3 is 25.0 Å². The van der Waals surface area contributed by atoms with Gasteiger partial charge in [0, 0.05) is 18.5 Å². The Bertz CT molecular complexity index is 620. The van der Waals surface area contributed by atoms with Crippen molar-refractivity contribution in [2.75, 3.05) is 13.2 Å².